The van der Waals surface area contributed by atoms with E-state index in [9.17, 15) is 0 Å². The van der Waals surface area contributed by atoms with Crippen molar-refractivity contribution in [3.8, 4) is 33.9 Å². The van der Waals surface area contributed by atoms with Crippen molar-refractivity contribution in [1.82, 2.24) is 9.97 Å². The van der Waals surface area contributed by atoms with E-state index in [1.165, 1.54) is 143 Å². The van der Waals surface area contributed by atoms with Gasteiger partial charge in [0, 0.05) is 16.7 Å². The number of benzene rings is 7. The summed E-state index contributed by atoms with van der Waals surface area (Å²) in [7, 11) is 0. The Morgan fingerprint density at radius 3 is 1.48 bits per heavy atom. The van der Waals surface area contributed by atoms with E-state index in [1.54, 1.807) is 0 Å². The minimum atomic E-state index is 0.767. The fourth-order valence-corrected chi connectivity index (χ4v) is 9.26. The van der Waals surface area contributed by atoms with Crippen molar-refractivity contribution >= 4 is 44.5 Å². The Kier molecular flexibility index (Phi) is 14.4. The van der Waals surface area contributed by atoms with Crippen molar-refractivity contribution in [3.63, 3.8) is 0 Å². The topological polar surface area (TPSA) is 25.8 Å². The lowest BCUT2D eigenvalue weighted by molar-refractivity contribution is 0.605. The van der Waals surface area contributed by atoms with Crippen LogP contribution in [0.1, 0.15) is 124 Å². The van der Waals surface area contributed by atoms with Gasteiger partial charge in [0.25, 0.3) is 0 Å². The molecule has 1 heterocycles. The van der Waals surface area contributed by atoms with Gasteiger partial charge in [0.1, 0.15) is 0 Å². The zero-order valence-electron chi connectivity index (χ0n) is 37.7. The molecule has 0 amide bonds. The van der Waals surface area contributed by atoms with E-state index in [0.29, 0.717) is 0 Å². The summed E-state index contributed by atoms with van der Waals surface area (Å²) in [6, 6.07) is 49.3. The molecule has 0 bridgehead atoms. The maximum absolute atomic E-state index is 5.54. The molecule has 0 spiro atoms. The van der Waals surface area contributed by atoms with Crippen molar-refractivity contribution in [2.24, 2.45) is 0 Å². The van der Waals surface area contributed by atoms with Crippen molar-refractivity contribution in [2.45, 2.75) is 118 Å². The first-order chi connectivity index (χ1) is 30.5. The molecular weight excluding hydrogens is 749 g/mol. The summed E-state index contributed by atoms with van der Waals surface area (Å²) in [5.74, 6) is 0.767. The van der Waals surface area contributed by atoms with E-state index in [-0.39, 0.29) is 0 Å². The molecule has 8 aromatic rings. The van der Waals surface area contributed by atoms with Crippen LogP contribution in [0.5, 0.6) is 0 Å². The zero-order valence-corrected chi connectivity index (χ0v) is 37.7. The van der Waals surface area contributed by atoms with Gasteiger partial charge in [-0.15, -0.1) is 0 Å². The number of aromatic nitrogens is 2. The molecule has 0 atom stereocenters. The van der Waals surface area contributed by atoms with Crippen molar-refractivity contribution in [2.75, 3.05) is 0 Å². The van der Waals surface area contributed by atoms with Gasteiger partial charge in [-0.05, 0) is 118 Å². The monoisotopic (exact) mass is 813 g/mol. The molecule has 2 heteroatoms. The molecule has 0 fully saturated rings. The number of nitrogens with zero attached hydrogens (tertiary/aromatic N) is 2. The Morgan fingerprint density at radius 1 is 0.403 bits per heavy atom. The number of rotatable bonds is 19. The second-order valence-electron chi connectivity index (χ2n) is 17.7. The third-order valence-corrected chi connectivity index (χ3v) is 12.9. The molecule has 62 heavy (non-hydrogen) atoms. The zero-order chi connectivity index (χ0) is 42.7. The molecule has 0 aliphatic rings. The number of aryl methyl sites for hydroxylation is 4. The number of fused-ring (bicyclic) bond motifs is 6. The minimum absolute atomic E-state index is 0.767. The van der Waals surface area contributed by atoms with Crippen LogP contribution in [0.25, 0.3) is 78.4 Å². The van der Waals surface area contributed by atoms with Crippen LogP contribution in [-0.2, 0) is 12.8 Å². The van der Waals surface area contributed by atoms with Gasteiger partial charge in [-0.25, -0.2) is 9.97 Å². The summed E-state index contributed by atoms with van der Waals surface area (Å²) in [5, 5.41) is 7.58. The predicted octanol–water partition coefficient (Wildman–Crippen LogP) is 17.5. The fourth-order valence-electron chi connectivity index (χ4n) is 9.26. The molecule has 0 radical (unpaired) electrons. The molecule has 7 aromatic carbocycles. The first kappa shape index (κ1) is 42.8. The van der Waals surface area contributed by atoms with Crippen molar-refractivity contribution in [3.05, 3.63) is 167 Å². The van der Waals surface area contributed by atoms with Crippen LogP contribution >= 0.6 is 0 Å². The van der Waals surface area contributed by atoms with Gasteiger partial charge in [-0.3, -0.25) is 0 Å². The quantitative estimate of drug-likeness (QED) is 0.0462. The van der Waals surface area contributed by atoms with Gasteiger partial charge in [0.2, 0.25) is 0 Å². The van der Waals surface area contributed by atoms with Crippen LogP contribution in [0.15, 0.2) is 133 Å². The standard InChI is InChI=1S/C60H64N2/c1-5-7-9-11-13-15-21-48-40-56(49(39-44(48)4)22-16-14-12-10-8-6-2)59-42-58(47-35-33-46(34-36-47)32-31-45-29-27-43(3)28-30-45)61-60(62-59)50-37-38-55-53-25-18-17-23-51(53)52-24-19-20-26-54(52)57(55)41-50/h17-20,23-42H,5-16,21-22H2,1-4H3/b32-31+. The summed E-state index contributed by atoms with van der Waals surface area (Å²) in [6.07, 6.45) is 22.1. The van der Waals surface area contributed by atoms with E-state index >= 15 is 0 Å². The highest BCUT2D eigenvalue weighted by Crippen LogP contribution is 2.38. The molecular formula is C60H64N2. The fraction of sp³-hybridized carbons (Fsp3) is 0.300. The van der Waals surface area contributed by atoms with Crippen LogP contribution in [-0.4, -0.2) is 9.97 Å². The molecule has 0 aliphatic carbocycles. The smallest absolute Gasteiger partial charge is 0.160 e. The lowest BCUT2D eigenvalue weighted by Crippen LogP contribution is -2.01. The number of hydrogen-bond donors (Lipinski definition) is 0. The van der Waals surface area contributed by atoms with Crippen molar-refractivity contribution in [1.29, 1.82) is 0 Å². The summed E-state index contributed by atoms with van der Waals surface area (Å²) < 4.78 is 0. The summed E-state index contributed by atoms with van der Waals surface area (Å²) in [5.41, 5.74) is 13.3. The lowest BCUT2D eigenvalue weighted by Gasteiger charge is -2.17. The van der Waals surface area contributed by atoms with E-state index in [1.807, 2.05) is 0 Å². The van der Waals surface area contributed by atoms with Crippen LogP contribution < -0.4 is 0 Å². The Hall–Kier alpha value is -5.86. The van der Waals surface area contributed by atoms with Gasteiger partial charge >= 0.3 is 0 Å². The van der Waals surface area contributed by atoms with Crippen LogP contribution in [0.2, 0.25) is 0 Å². The van der Waals surface area contributed by atoms with Gasteiger partial charge in [0.15, 0.2) is 5.82 Å². The summed E-state index contributed by atoms with van der Waals surface area (Å²) >= 11 is 0. The normalized spacial score (nSPS) is 11.7. The Balaban J connectivity index is 1.23. The number of hydrogen-bond acceptors (Lipinski definition) is 2. The third kappa shape index (κ3) is 10.2. The molecule has 8 rings (SSSR count). The maximum Gasteiger partial charge on any atom is 0.160 e. The van der Waals surface area contributed by atoms with Crippen molar-refractivity contribution < 1.29 is 0 Å². The Bertz CT molecular complexity index is 2740. The molecule has 0 saturated carbocycles. The Labute approximate surface area is 371 Å². The highest BCUT2D eigenvalue weighted by Gasteiger charge is 2.17. The van der Waals surface area contributed by atoms with Gasteiger partial charge in [0.05, 0.1) is 11.4 Å². The minimum Gasteiger partial charge on any atom is -0.228 e. The first-order valence-corrected chi connectivity index (χ1v) is 23.7. The summed E-state index contributed by atoms with van der Waals surface area (Å²) in [4.78, 5) is 11.0. The first-order valence-electron chi connectivity index (χ1n) is 23.7. The maximum atomic E-state index is 5.54. The van der Waals surface area contributed by atoms with E-state index in [4.69, 9.17) is 9.97 Å². The molecule has 0 aliphatic heterocycles. The van der Waals surface area contributed by atoms with Crippen LogP contribution in [0, 0.1) is 13.8 Å². The lowest BCUT2D eigenvalue weighted by atomic mass is 9.90. The van der Waals surface area contributed by atoms with Crippen LogP contribution in [0.4, 0.5) is 0 Å². The van der Waals surface area contributed by atoms with E-state index < -0.39 is 0 Å². The largest absolute Gasteiger partial charge is 0.228 e. The predicted molar refractivity (Wildman–Crippen MR) is 270 cm³/mol. The van der Waals surface area contributed by atoms with Crippen LogP contribution in [0.3, 0.4) is 0 Å². The van der Waals surface area contributed by atoms with Gasteiger partial charge < -0.3 is 0 Å². The average Bonchev–Trinajstić information content (AvgIpc) is 3.31. The van der Waals surface area contributed by atoms with Gasteiger partial charge in [-0.2, -0.15) is 0 Å². The molecule has 0 N–H and O–H groups in total. The second kappa shape index (κ2) is 20.8. The second-order valence-corrected chi connectivity index (χ2v) is 17.7. The third-order valence-electron chi connectivity index (χ3n) is 12.9. The highest BCUT2D eigenvalue weighted by molar-refractivity contribution is 6.25. The van der Waals surface area contributed by atoms with E-state index in [2.05, 4.69) is 173 Å². The molecule has 1 aromatic heterocycles. The molecule has 0 saturated heterocycles. The van der Waals surface area contributed by atoms with E-state index in [0.717, 1.165) is 46.7 Å². The Morgan fingerprint density at radius 2 is 0.887 bits per heavy atom. The molecule has 0 unspecified atom stereocenters. The molecule has 2 nitrogen and oxygen atoms in total. The van der Waals surface area contributed by atoms with Gasteiger partial charge in [-0.1, -0.05) is 211 Å². The highest BCUT2D eigenvalue weighted by atomic mass is 14.9. The SMILES string of the molecule is CCCCCCCCc1cc(-c2cc(-c3ccc(/C=C/c4ccc(C)cc4)cc3)nc(-c3ccc4c5ccccc5c5ccccc5c4c3)n2)c(CCCCCCCC)cc1C. The number of unbranched alkanes of at least 4 members (excludes halogenated alkanes) is 10. The molecule has 314 valence electrons. The summed E-state index contributed by atoms with van der Waals surface area (Å²) in [6.45, 7) is 9.05. The average molecular weight is 813 g/mol.